The van der Waals surface area contributed by atoms with Gasteiger partial charge in [0, 0.05) is 66.1 Å². The Hall–Kier alpha value is -6.01. The summed E-state index contributed by atoms with van der Waals surface area (Å²) in [6.45, 7) is 5.88. The van der Waals surface area contributed by atoms with Gasteiger partial charge in [0.15, 0.2) is 0 Å². The third-order valence-corrected chi connectivity index (χ3v) is 14.1. The highest BCUT2D eigenvalue weighted by atomic mass is 35.5. The standard InChI is InChI=1S/C52H59ClN6O6/c1-33(32-65-45-17-22-55-44-13-4-8-34(2)47(44)45)24-39-26-37-15-16-42(28-43(37)51(39)18-20-52(21-19-51,50(62)63)59-41-12-6-11-40(53)27-41)64-23-7-14-46(60)56-29-35-9-5-10-36(25-35)38-30-57-48(58-31-38)49(61)54-3/h5-6,9-12,15-17,22,25,27-28,30-31,33-34,39,59H,4,7-8,13-14,18-21,23-24,26,29,32H2,1-3H3,(H,54,61)(H,56,60)(H,62,63)/t33-,34-,39?,51?,52?/m1/s1. The first kappa shape index (κ1) is 45.6. The van der Waals surface area contributed by atoms with Crippen LogP contribution in [-0.2, 0) is 34.4 Å². The summed E-state index contributed by atoms with van der Waals surface area (Å²) in [5.41, 5.74) is 6.89. The van der Waals surface area contributed by atoms with E-state index < -0.39 is 11.5 Å². The molecule has 0 bridgehead atoms. The number of hydrogen-bond donors (Lipinski definition) is 4. The Labute approximate surface area is 386 Å². The first-order valence-electron chi connectivity index (χ1n) is 23.0. The molecule has 0 aliphatic heterocycles. The molecule has 2 amide bonds. The number of aliphatic carboxylic acids is 1. The van der Waals surface area contributed by atoms with Gasteiger partial charge in [-0.3, -0.25) is 14.6 Å². The van der Waals surface area contributed by atoms with E-state index in [1.54, 1.807) is 24.5 Å². The van der Waals surface area contributed by atoms with Crippen molar-refractivity contribution in [3.05, 3.63) is 130 Å². The maximum atomic E-state index is 13.1. The van der Waals surface area contributed by atoms with Crippen molar-refractivity contribution in [1.29, 1.82) is 0 Å². The van der Waals surface area contributed by atoms with Crippen LogP contribution in [0.1, 0.15) is 116 Å². The summed E-state index contributed by atoms with van der Waals surface area (Å²) in [6, 6.07) is 23.5. The molecule has 8 rings (SSSR count). The SMILES string of the molecule is CNC(=O)c1ncc(-c2cccc(CNC(=O)CCCOc3ccc4c(c3)C3(CCC(Nc5cccc(Cl)c5)(C(=O)O)CC3)C(C[C@@H](C)COc3ccnc5c3[C@H](C)CCC5)C4)c2)cn1. The van der Waals surface area contributed by atoms with Gasteiger partial charge in [-0.2, -0.15) is 0 Å². The van der Waals surface area contributed by atoms with Crippen molar-refractivity contribution in [2.45, 2.75) is 108 Å². The summed E-state index contributed by atoms with van der Waals surface area (Å²) in [5.74, 6) is 1.53. The van der Waals surface area contributed by atoms with Crippen LogP contribution in [0, 0.1) is 11.8 Å². The van der Waals surface area contributed by atoms with Crippen LogP contribution in [0.15, 0.2) is 91.4 Å². The molecule has 2 heterocycles. The summed E-state index contributed by atoms with van der Waals surface area (Å²) in [5, 5.41) is 20.2. The largest absolute Gasteiger partial charge is 0.494 e. The van der Waals surface area contributed by atoms with Gasteiger partial charge in [-0.05, 0) is 152 Å². The smallest absolute Gasteiger partial charge is 0.329 e. The molecule has 3 atom stereocenters. The summed E-state index contributed by atoms with van der Waals surface area (Å²) < 4.78 is 12.9. The number of amides is 2. The van der Waals surface area contributed by atoms with Crippen LogP contribution in [0.2, 0.25) is 5.02 Å². The number of carboxylic acid groups (broad SMARTS) is 1. The van der Waals surface area contributed by atoms with Crippen LogP contribution in [0.3, 0.4) is 0 Å². The van der Waals surface area contributed by atoms with Crippen molar-refractivity contribution in [1.82, 2.24) is 25.6 Å². The van der Waals surface area contributed by atoms with E-state index in [9.17, 15) is 19.5 Å². The number of fused-ring (bicyclic) bond motifs is 3. The van der Waals surface area contributed by atoms with Gasteiger partial charge in [0.1, 0.15) is 17.0 Å². The molecular formula is C52H59ClN6O6. The molecule has 340 valence electrons. The molecule has 65 heavy (non-hydrogen) atoms. The highest BCUT2D eigenvalue weighted by Crippen LogP contribution is 2.57. The van der Waals surface area contributed by atoms with E-state index in [2.05, 4.69) is 56.9 Å². The Morgan fingerprint density at radius 3 is 2.51 bits per heavy atom. The molecule has 1 fully saturated rings. The summed E-state index contributed by atoms with van der Waals surface area (Å²) in [7, 11) is 1.53. The number of carbonyl (C=O) groups is 3. The third kappa shape index (κ3) is 10.3. The lowest BCUT2D eigenvalue weighted by Crippen LogP contribution is -2.53. The highest BCUT2D eigenvalue weighted by molar-refractivity contribution is 6.30. The van der Waals surface area contributed by atoms with Crippen molar-refractivity contribution >= 4 is 35.1 Å². The number of pyridine rings is 1. The lowest BCUT2D eigenvalue weighted by Gasteiger charge is -2.47. The van der Waals surface area contributed by atoms with Gasteiger partial charge >= 0.3 is 5.97 Å². The van der Waals surface area contributed by atoms with Gasteiger partial charge in [-0.25, -0.2) is 14.8 Å². The average molecular weight is 900 g/mol. The second-order valence-corrected chi connectivity index (χ2v) is 18.8. The Morgan fingerprint density at radius 1 is 0.938 bits per heavy atom. The molecular weight excluding hydrogens is 840 g/mol. The van der Waals surface area contributed by atoms with Gasteiger partial charge < -0.3 is 30.5 Å². The topological polar surface area (TPSA) is 165 Å². The van der Waals surface area contributed by atoms with Crippen molar-refractivity contribution in [2.75, 3.05) is 25.6 Å². The quantitative estimate of drug-likeness (QED) is 0.0661. The Bertz CT molecular complexity index is 2510. The van der Waals surface area contributed by atoms with Crippen molar-refractivity contribution in [2.24, 2.45) is 11.8 Å². The molecule has 1 unspecified atom stereocenters. The second-order valence-electron chi connectivity index (χ2n) is 18.3. The number of nitrogens with one attached hydrogen (secondary N) is 3. The number of hydrogen-bond acceptors (Lipinski definition) is 9. The maximum absolute atomic E-state index is 13.1. The zero-order chi connectivity index (χ0) is 45.6. The zero-order valence-corrected chi connectivity index (χ0v) is 38.3. The predicted molar refractivity (Wildman–Crippen MR) is 252 cm³/mol. The van der Waals surface area contributed by atoms with E-state index in [1.165, 1.54) is 23.7 Å². The highest BCUT2D eigenvalue weighted by Gasteiger charge is 2.54. The minimum absolute atomic E-state index is 0.0695. The molecule has 1 saturated carbocycles. The normalized spacial score (nSPS) is 21.4. The summed E-state index contributed by atoms with van der Waals surface area (Å²) in [6.07, 6.45) is 13.4. The Balaban J connectivity index is 0.911. The maximum Gasteiger partial charge on any atom is 0.329 e. The lowest BCUT2D eigenvalue weighted by atomic mass is 9.59. The molecule has 3 aromatic carbocycles. The Morgan fingerprint density at radius 2 is 1.74 bits per heavy atom. The number of ether oxygens (including phenoxy) is 2. The molecule has 5 aromatic rings. The summed E-state index contributed by atoms with van der Waals surface area (Å²) >= 11 is 6.32. The van der Waals surface area contributed by atoms with Gasteiger partial charge in [0.2, 0.25) is 11.7 Å². The molecule has 3 aliphatic rings. The number of carboxylic acids is 1. The molecule has 3 aliphatic carbocycles. The van der Waals surface area contributed by atoms with Crippen LogP contribution < -0.4 is 25.4 Å². The molecule has 4 N–H and O–H groups in total. The number of aryl methyl sites for hydroxylation is 1. The van der Waals surface area contributed by atoms with E-state index in [4.69, 9.17) is 21.1 Å². The van der Waals surface area contributed by atoms with E-state index in [0.717, 1.165) is 66.0 Å². The zero-order valence-electron chi connectivity index (χ0n) is 37.5. The van der Waals surface area contributed by atoms with Gasteiger partial charge in [0.05, 0.1) is 13.2 Å². The molecule has 12 nitrogen and oxygen atoms in total. The molecule has 1 spiro atoms. The molecule has 13 heteroatoms. The van der Waals surface area contributed by atoms with E-state index >= 15 is 0 Å². The number of benzene rings is 3. The fourth-order valence-corrected chi connectivity index (χ4v) is 10.6. The minimum atomic E-state index is -1.12. The van der Waals surface area contributed by atoms with Crippen LogP contribution in [0.25, 0.3) is 11.1 Å². The van der Waals surface area contributed by atoms with Crippen molar-refractivity contribution in [3.63, 3.8) is 0 Å². The fourth-order valence-electron chi connectivity index (χ4n) is 10.4. The fraction of sp³-hybridized carbons (Fsp3) is 0.423. The van der Waals surface area contributed by atoms with Crippen LogP contribution in [0.5, 0.6) is 11.5 Å². The third-order valence-electron chi connectivity index (χ3n) is 13.9. The van der Waals surface area contributed by atoms with Crippen LogP contribution in [-0.4, -0.2) is 63.6 Å². The Kier molecular flexibility index (Phi) is 14.0. The predicted octanol–water partition coefficient (Wildman–Crippen LogP) is 9.49. The first-order valence-corrected chi connectivity index (χ1v) is 23.4. The lowest BCUT2D eigenvalue weighted by molar-refractivity contribution is -0.144. The number of nitrogens with zero attached hydrogens (tertiary/aromatic N) is 3. The second kappa shape index (κ2) is 20.0. The van der Waals surface area contributed by atoms with Crippen molar-refractivity contribution in [3.8, 4) is 22.6 Å². The number of aromatic nitrogens is 3. The first-order chi connectivity index (χ1) is 31.4. The molecule has 2 aromatic heterocycles. The number of carbonyl (C=O) groups excluding carboxylic acids is 2. The number of rotatable bonds is 17. The van der Waals surface area contributed by atoms with E-state index in [1.807, 2.05) is 54.7 Å². The summed E-state index contributed by atoms with van der Waals surface area (Å²) in [4.78, 5) is 50.9. The average Bonchev–Trinajstić information content (AvgIpc) is 3.60. The van der Waals surface area contributed by atoms with Crippen LogP contribution >= 0.6 is 11.6 Å². The van der Waals surface area contributed by atoms with Crippen LogP contribution in [0.4, 0.5) is 5.69 Å². The van der Waals surface area contributed by atoms with Gasteiger partial charge in [0.25, 0.3) is 5.91 Å². The molecule has 0 radical (unpaired) electrons. The van der Waals surface area contributed by atoms with Gasteiger partial charge in [-0.15, -0.1) is 0 Å². The van der Waals surface area contributed by atoms with E-state index in [-0.39, 0.29) is 29.0 Å². The van der Waals surface area contributed by atoms with Gasteiger partial charge in [-0.1, -0.05) is 55.8 Å². The van der Waals surface area contributed by atoms with E-state index in [0.29, 0.717) is 80.8 Å². The minimum Gasteiger partial charge on any atom is -0.494 e. The molecule has 0 saturated heterocycles. The monoisotopic (exact) mass is 898 g/mol. The number of halogens is 1. The van der Waals surface area contributed by atoms with Crippen molar-refractivity contribution < 1.29 is 29.0 Å². The number of anilines is 1.